The second kappa shape index (κ2) is 9.46. The molecule has 1 amide bonds. The topological polar surface area (TPSA) is 102 Å². The van der Waals surface area contributed by atoms with Crippen molar-refractivity contribution in [2.45, 2.75) is 17.2 Å². The van der Waals surface area contributed by atoms with Crippen molar-refractivity contribution >= 4 is 56.2 Å². The van der Waals surface area contributed by atoms with E-state index in [1.54, 1.807) is 6.07 Å². The molecule has 0 aliphatic carbocycles. The zero-order chi connectivity index (χ0) is 22.6. The van der Waals surface area contributed by atoms with E-state index in [1.807, 2.05) is 0 Å². The number of hydrogen-bond acceptors (Lipinski definition) is 6. The van der Waals surface area contributed by atoms with E-state index in [1.165, 1.54) is 61.5 Å². The van der Waals surface area contributed by atoms with Crippen LogP contribution in [0.1, 0.15) is 17.3 Å². The predicted octanol–water partition coefficient (Wildman–Crippen LogP) is 4.53. The number of thiophene rings is 1. The molecule has 162 valence electrons. The Kier molecular flexibility index (Phi) is 6.94. The largest absolute Gasteiger partial charge is 0.449 e. The van der Waals surface area contributed by atoms with Crippen LogP contribution < -0.4 is 10.0 Å². The molecule has 0 bridgehead atoms. The summed E-state index contributed by atoms with van der Waals surface area (Å²) in [5.41, 5.74) is -0.184. The number of anilines is 2. The maximum atomic E-state index is 13.7. The van der Waals surface area contributed by atoms with Crippen molar-refractivity contribution in [2.24, 2.45) is 0 Å². The van der Waals surface area contributed by atoms with E-state index in [-0.39, 0.29) is 21.1 Å². The zero-order valence-corrected chi connectivity index (χ0v) is 18.4. The van der Waals surface area contributed by atoms with Crippen molar-refractivity contribution in [1.29, 1.82) is 0 Å². The van der Waals surface area contributed by atoms with Gasteiger partial charge in [-0.1, -0.05) is 35.9 Å². The van der Waals surface area contributed by atoms with Gasteiger partial charge in [-0.25, -0.2) is 17.6 Å². The normalized spacial score (nSPS) is 12.1. The SMILES string of the molecule is CC(OC(=O)c1ccccc1NS(=O)(=O)c1ccc(Cl)s1)C(=O)Nc1ccccc1F. The third-order valence-electron chi connectivity index (χ3n) is 3.99. The number of rotatable bonds is 7. The van der Waals surface area contributed by atoms with Crippen molar-refractivity contribution < 1.29 is 27.1 Å². The lowest BCUT2D eigenvalue weighted by Crippen LogP contribution is -2.30. The second-order valence-electron chi connectivity index (χ2n) is 6.23. The molecular weight excluding hydrogens is 467 g/mol. The maximum Gasteiger partial charge on any atom is 0.341 e. The Morgan fingerprint density at radius 3 is 2.32 bits per heavy atom. The van der Waals surface area contributed by atoms with Crippen LogP contribution in [0, 0.1) is 5.82 Å². The van der Waals surface area contributed by atoms with Crippen molar-refractivity contribution in [3.05, 3.63) is 76.4 Å². The first-order valence-electron chi connectivity index (χ1n) is 8.81. The number of ether oxygens (including phenoxy) is 1. The van der Waals surface area contributed by atoms with Gasteiger partial charge < -0.3 is 10.1 Å². The van der Waals surface area contributed by atoms with Crippen LogP contribution >= 0.6 is 22.9 Å². The number of carbonyl (C=O) groups is 2. The van der Waals surface area contributed by atoms with Gasteiger partial charge in [-0.2, -0.15) is 0 Å². The lowest BCUT2D eigenvalue weighted by atomic mass is 10.2. The van der Waals surface area contributed by atoms with Gasteiger partial charge in [0.2, 0.25) is 0 Å². The van der Waals surface area contributed by atoms with Crippen LogP contribution in [-0.4, -0.2) is 26.4 Å². The maximum absolute atomic E-state index is 13.7. The van der Waals surface area contributed by atoms with Crippen LogP contribution in [0.4, 0.5) is 15.8 Å². The molecule has 3 rings (SSSR count). The van der Waals surface area contributed by atoms with E-state index in [9.17, 15) is 22.4 Å². The molecule has 0 fully saturated rings. The minimum absolute atomic E-state index is 0.0289. The Morgan fingerprint density at radius 1 is 1.03 bits per heavy atom. The number of carbonyl (C=O) groups excluding carboxylic acids is 2. The Bertz CT molecular complexity index is 1230. The molecule has 1 unspecified atom stereocenters. The Labute approximate surface area is 186 Å². The van der Waals surface area contributed by atoms with Gasteiger partial charge in [0.1, 0.15) is 10.0 Å². The quantitative estimate of drug-likeness (QED) is 0.482. The van der Waals surface area contributed by atoms with E-state index in [0.717, 1.165) is 11.3 Å². The average molecular weight is 483 g/mol. The summed E-state index contributed by atoms with van der Waals surface area (Å²) in [5, 5.41) is 2.33. The second-order valence-corrected chi connectivity index (χ2v) is 9.85. The average Bonchev–Trinajstić information content (AvgIpc) is 3.17. The van der Waals surface area contributed by atoms with E-state index in [0.29, 0.717) is 4.34 Å². The Morgan fingerprint density at radius 2 is 1.68 bits per heavy atom. The molecule has 0 saturated heterocycles. The van der Waals surface area contributed by atoms with E-state index < -0.39 is 33.8 Å². The molecule has 3 aromatic rings. The molecule has 1 heterocycles. The number of esters is 1. The lowest BCUT2D eigenvalue weighted by Gasteiger charge is -2.16. The first-order chi connectivity index (χ1) is 14.7. The number of para-hydroxylation sites is 2. The minimum Gasteiger partial charge on any atom is -0.449 e. The molecule has 0 aliphatic heterocycles. The van der Waals surface area contributed by atoms with Crippen LogP contribution in [0.2, 0.25) is 4.34 Å². The summed E-state index contributed by atoms with van der Waals surface area (Å²) in [6, 6.07) is 14.1. The third-order valence-corrected chi connectivity index (χ3v) is 7.08. The summed E-state index contributed by atoms with van der Waals surface area (Å²) in [7, 11) is -3.98. The zero-order valence-electron chi connectivity index (χ0n) is 16.0. The van der Waals surface area contributed by atoms with Gasteiger partial charge in [-0.3, -0.25) is 9.52 Å². The van der Waals surface area contributed by atoms with Gasteiger partial charge in [0.05, 0.1) is 21.3 Å². The van der Waals surface area contributed by atoms with Crippen LogP contribution in [0.5, 0.6) is 0 Å². The summed E-state index contributed by atoms with van der Waals surface area (Å²) in [5.74, 6) is -2.31. The summed E-state index contributed by atoms with van der Waals surface area (Å²) in [6.07, 6.45) is -1.27. The highest BCUT2D eigenvalue weighted by Gasteiger charge is 2.24. The molecule has 1 atom stereocenters. The highest BCUT2D eigenvalue weighted by Crippen LogP contribution is 2.28. The minimum atomic E-state index is -3.98. The summed E-state index contributed by atoms with van der Waals surface area (Å²) in [6.45, 7) is 1.31. The number of amides is 1. The number of hydrogen-bond donors (Lipinski definition) is 2. The number of benzene rings is 2. The number of halogens is 2. The van der Waals surface area contributed by atoms with Gasteiger partial charge in [0.25, 0.3) is 15.9 Å². The van der Waals surface area contributed by atoms with E-state index in [4.69, 9.17) is 16.3 Å². The van der Waals surface area contributed by atoms with Crippen molar-refractivity contribution in [3.8, 4) is 0 Å². The fourth-order valence-corrected chi connectivity index (χ4v) is 5.02. The molecule has 11 heteroatoms. The van der Waals surface area contributed by atoms with Crippen molar-refractivity contribution in [1.82, 2.24) is 0 Å². The van der Waals surface area contributed by atoms with Crippen LogP contribution in [-0.2, 0) is 19.6 Å². The molecule has 0 spiro atoms. The Balaban J connectivity index is 1.73. The highest BCUT2D eigenvalue weighted by molar-refractivity contribution is 7.94. The van der Waals surface area contributed by atoms with Gasteiger partial charge in [0.15, 0.2) is 6.10 Å². The molecule has 2 N–H and O–H groups in total. The smallest absolute Gasteiger partial charge is 0.341 e. The molecule has 7 nitrogen and oxygen atoms in total. The lowest BCUT2D eigenvalue weighted by molar-refractivity contribution is -0.123. The first kappa shape index (κ1) is 22.7. The molecule has 31 heavy (non-hydrogen) atoms. The van der Waals surface area contributed by atoms with Gasteiger partial charge in [-0.15, -0.1) is 11.3 Å². The predicted molar refractivity (Wildman–Crippen MR) is 116 cm³/mol. The molecular formula is C20H16ClFN2O5S2. The van der Waals surface area contributed by atoms with Crippen LogP contribution in [0.3, 0.4) is 0 Å². The van der Waals surface area contributed by atoms with Gasteiger partial charge >= 0.3 is 5.97 Å². The van der Waals surface area contributed by atoms with Crippen molar-refractivity contribution in [2.75, 3.05) is 10.0 Å². The summed E-state index contributed by atoms with van der Waals surface area (Å²) in [4.78, 5) is 24.9. The standard InChI is InChI=1S/C20H16ClFN2O5S2/c1-12(19(25)23-16-9-5-3-7-14(16)22)29-20(26)13-6-2-4-8-15(13)24-31(27,28)18-11-10-17(21)30-18/h2-12,24H,1H3,(H,23,25). The summed E-state index contributed by atoms with van der Waals surface area (Å²) >= 11 is 6.66. The molecule has 0 aliphatic rings. The molecule has 2 aromatic carbocycles. The number of nitrogens with one attached hydrogen (secondary N) is 2. The van der Waals surface area contributed by atoms with Gasteiger partial charge in [0, 0.05) is 0 Å². The number of sulfonamides is 1. The summed E-state index contributed by atoms with van der Waals surface area (Å²) < 4.78 is 46.5. The highest BCUT2D eigenvalue weighted by atomic mass is 35.5. The molecule has 1 aromatic heterocycles. The fraction of sp³-hybridized carbons (Fsp3) is 0.100. The van der Waals surface area contributed by atoms with Gasteiger partial charge in [-0.05, 0) is 43.3 Å². The molecule has 0 radical (unpaired) electrons. The third kappa shape index (κ3) is 5.60. The van der Waals surface area contributed by atoms with Crippen LogP contribution in [0.25, 0.3) is 0 Å². The van der Waals surface area contributed by atoms with Crippen molar-refractivity contribution in [3.63, 3.8) is 0 Å². The van der Waals surface area contributed by atoms with E-state index in [2.05, 4.69) is 10.0 Å². The monoisotopic (exact) mass is 482 g/mol. The van der Waals surface area contributed by atoms with Crippen LogP contribution in [0.15, 0.2) is 64.9 Å². The van der Waals surface area contributed by atoms with E-state index >= 15 is 0 Å². The Hall–Kier alpha value is -2.95. The fourth-order valence-electron chi connectivity index (χ4n) is 2.46. The first-order valence-corrected chi connectivity index (χ1v) is 11.5. The molecule has 0 saturated carbocycles.